The van der Waals surface area contributed by atoms with Gasteiger partial charge in [0.2, 0.25) is 0 Å². The van der Waals surface area contributed by atoms with Gasteiger partial charge in [-0.3, -0.25) is 0 Å². The fraction of sp³-hybridized carbons (Fsp3) is 0.0323. The topological polar surface area (TPSA) is 12.0 Å². The molecule has 1 aliphatic rings. The molecule has 0 unspecified atom stereocenters. The number of hydrogen-bond donors (Lipinski definition) is 1. The molecule has 156 valence electrons. The Kier molecular flexibility index (Phi) is 3.99. The highest BCUT2D eigenvalue weighted by molar-refractivity contribution is 7.26. The second kappa shape index (κ2) is 7.06. The number of anilines is 2. The van der Waals surface area contributed by atoms with Crippen molar-refractivity contribution in [2.45, 2.75) is 5.41 Å². The number of hydrogen-bond acceptors (Lipinski definition) is 2. The number of thiophene rings is 1. The van der Waals surface area contributed by atoms with Gasteiger partial charge in [0.25, 0.3) is 0 Å². The van der Waals surface area contributed by atoms with Crippen LogP contribution < -0.4 is 5.32 Å². The third-order valence-electron chi connectivity index (χ3n) is 6.95. The molecule has 0 radical (unpaired) electrons. The molecule has 2 heteroatoms. The van der Waals surface area contributed by atoms with Crippen LogP contribution in [0.4, 0.5) is 11.4 Å². The lowest BCUT2D eigenvalue weighted by Crippen LogP contribution is -2.35. The van der Waals surface area contributed by atoms with Crippen molar-refractivity contribution in [2.24, 2.45) is 0 Å². The molecule has 1 nitrogen and oxygen atoms in total. The van der Waals surface area contributed by atoms with Crippen LogP contribution in [-0.2, 0) is 5.41 Å². The zero-order valence-corrected chi connectivity index (χ0v) is 18.8. The normalized spacial score (nSPS) is 13.9. The molecular weight excluding hydrogens is 418 g/mol. The summed E-state index contributed by atoms with van der Waals surface area (Å²) < 4.78 is 2.69. The molecule has 2 heterocycles. The Hall–Kier alpha value is -3.88. The van der Waals surface area contributed by atoms with E-state index in [0.29, 0.717) is 0 Å². The molecule has 0 spiro atoms. The zero-order chi connectivity index (χ0) is 21.8. The van der Waals surface area contributed by atoms with Crippen molar-refractivity contribution in [3.05, 3.63) is 144 Å². The lowest BCUT2D eigenvalue weighted by Gasteiger charge is -2.42. The maximum Gasteiger partial charge on any atom is 0.0755 e. The van der Waals surface area contributed by atoms with Gasteiger partial charge in [0.15, 0.2) is 0 Å². The van der Waals surface area contributed by atoms with E-state index in [1.807, 2.05) is 11.3 Å². The first-order chi connectivity index (χ1) is 16.4. The monoisotopic (exact) mass is 439 g/mol. The molecule has 6 aromatic rings. The number of benzene rings is 5. The van der Waals surface area contributed by atoms with Crippen LogP contribution in [0.2, 0.25) is 0 Å². The summed E-state index contributed by atoms with van der Waals surface area (Å²) in [5.74, 6) is 0. The summed E-state index contributed by atoms with van der Waals surface area (Å²) in [5, 5.41) is 6.37. The van der Waals surface area contributed by atoms with Crippen molar-refractivity contribution in [3.8, 4) is 0 Å². The second-order valence-electron chi connectivity index (χ2n) is 8.61. The molecule has 33 heavy (non-hydrogen) atoms. The molecule has 5 aromatic carbocycles. The summed E-state index contributed by atoms with van der Waals surface area (Å²) in [7, 11) is 0. The minimum absolute atomic E-state index is 0.417. The smallest absolute Gasteiger partial charge is 0.0755 e. The van der Waals surface area contributed by atoms with E-state index in [-0.39, 0.29) is 0 Å². The fourth-order valence-corrected chi connectivity index (χ4v) is 6.89. The van der Waals surface area contributed by atoms with Crippen LogP contribution in [0.1, 0.15) is 22.3 Å². The van der Waals surface area contributed by atoms with Crippen LogP contribution in [0, 0.1) is 0 Å². The molecule has 0 fully saturated rings. The summed E-state index contributed by atoms with van der Waals surface area (Å²) in [6.45, 7) is 0. The van der Waals surface area contributed by atoms with E-state index >= 15 is 0 Å². The molecule has 0 bridgehead atoms. The van der Waals surface area contributed by atoms with E-state index in [1.54, 1.807) is 0 Å². The molecule has 0 saturated heterocycles. The molecule has 0 atom stereocenters. The highest BCUT2D eigenvalue weighted by Gasteiger charge is 2.45. The van der Waals surface area contributed by atoms with Crippen LogP contribution in [0.15, 0.2) is 121 Å². The van der Waals surface area contributed by atoms with Gasteiger partial charge in [-0.2, -0.15) is 0 Å². The first-order valence-electron chi connectivity index (χ1n) is 11.3. The Morgan fingerprint density at radius 1 is 0.485 bits per heavy atom. The lowest BCUT2D eigenvalue weighted by molar-refractivity contribution is 0.749. The molecule has 0 saturated carbocycles. The Bertz CT molecular complexity index is 1600. The number of nitrogens with one attached hydrogen (secondary N) is 1. The van der Waals surface area contributed by atoms with Gasteiger partial charge < -0.3 is 5.32 Å². The number of fused-ring (bicyclic) bond motifs is 5. The fourth-order valence-electron chi connectivity index (χ4n) is 5.62. The minimum atomic E-state index is -0.417. The summed E-state index contributed by atoms with van der Waals surface area (Å²) in [6.07, 6.45) is 0. The molecule has 1 aromatic heterocycles. The number of para-hydroxylation sites is 2. The van der Waals surface area contributed by atoms with E-state index in [2.05, 4.69) is 127 Å². The summed E-state index contributed by atoms with van der Waals surface area (Å²) in [4.78, 5) is 0. The van der Waals surface area contributed by atoms with Crippen molar-refractivity contribution < 1.29 is 0 Å². The molecule has 1 N–H and O–H groups in total. The van der Waals surface area contributed by atoms with Crippen molar-refractivity contribution >= 4 is 42.9 Å². The SMILES string of the molecule is c1ccc(C2(c3cccc4c3sc3ccccc34)c3ccccc3Nc3ccccc32)cc1. The maximum atomic E-state index is 3.71. The maximum absolute atomic E-state index is 3.71. The highest BCUT2D eigenvalue weighted by atomic mass is 32.1. The van der Waals surface area contributed by atoms with Gasteiger partial charge in [-0.1, -0.05) is 103 Å². The summed E-state index contributed by atoms with van der Waals surface area (Å²) in [5.41, 5.74) is 7.13. The first kappa shape index (κ1) is 18.7. The van der Waals surface area contributed by atoms with Gasteiger partial charge in [0, 0.05) is 31.5 Å². The van der Waals surface area contributed by atoms with Crippen molar-refractivity contribution in [3.63, 3.8) is 0 Å². The van der Waals surface area contributed by atoms with Crippen molar-refractivity contribution in [2.75, 3.05) is 5.32 Å². The first-order valence-corrected chi connectivity index (χ1v) is 12.1. The standard InChI is InChI=1S/C31H21NS/c1-2-11-21(12-3-1)31(24-15-5-7-18-27(24)32-28-19-8-6-16-25(28)31)26-17-10-14-23-22-13-4-9-20-29(22)33-30(23)26/h1-20,32H. The van der Waals surface area contributed by atoms with Gasteiger partial charge in [0.05, 0.1) is 5.41 Å². The predicted octanol–water partition coefficient (Wildman–Crippen LogP) is 8.49. The van der Waals surface area contributed by atoms with Crippen LogP contribution >= 0.6 is 11.3 Å². The zero-order valence-electron chi connectivity index (χ0n) is 18.0. The largest absolute Gasteiger partial charge is 0.355 e. The Morgan fingerprint density at radius 3 is 1.82 bits per heavy atom. The molecule has 0 amide bonds. The second-order valence-corrected chi connectivity index (χ2v) is 9.66. The van der Waals surface area contributed by atoms with Crippen LogP contribution in [0.3, 0.4) is 0 Å². The Morgan fingerprint density at radius 2 is 1.06 bits per heavy atom. The van der Waals surface area contributed by atoms with Crippen molar-refractivity contribution in [1.29, 1.82) is 0 Å². The molecule has 1 aliphatic heterocycles. The van der Waals surface area contributed by atoms with E-state index in [0.717, 1.165) is 11.4 Å². The summed E-state index contributed by atoms with van der Waals surface area (Å²) >= 11 is 1.90. The molecule has 7 rings (SSSR count). The number of rotatable bonds is 2. The van der Waals surface area contributed by atoms with Gasteiger partial charge in [-0.05, 0) is 40.5 Å². The average molecular weight is 440 g/mol. The van der Waals surface area contributed by atoms with Crippen LogP contribution in [0.25, 0.3) is 20.2 Å². The van der Waals surface area contributed by atoms with Gasteiger partial charge in [0.1, 0.15) is 0 Å². The van der Waals surface area contributed by atoms with Crippen LogP contribution in [0.5, 0.6) is 0 Å². The average Bonchev–Trinajstić information content (AvgIpc) is 3.27. The van der Waals surface area contributed by atoms with E-state index in [1.165, 1.54) is 42.4 Å². The quantitative estimate of drug-likeness (QED) is 0.285. The third-order valence-corrected chi connectivity index (χ3v) is 8.17. The third kappa shape index (κ3) is 2.53. The van der Waals surface area contributed by atoms with Gasteiger partial charge in [-0.15, -0.1) is 11.3 Å². The van der Waals surface area contributed by atoms with Gasteiger partial charge in [-0.25, -0.2) is 0 Å². The lowest BCUT2D eigenvalue weighted by atomic mass is 9.62. The van der Waals surface area contributed by atoms with E-state index in [9.17, 15) is 0 Å². The summed E-state index contributed by atoms with van der Waals surface area (Å²) in [6, 6.07) is 44.2. The molecular formula is C31H21NS. The Labute approximate surface area is 197 Å². The molecule has 0 aliphatic carbocycles. The minimum Gasteiger partial charge on any atom is -0.355 e. The van der Waals surface area contributed by atoms with Gasteiger partial charge >= 0.3 is 0 Å². The van der Waals surface area contributed by atoms with E-state index < -0.39 is 5.41 Å². The van der Waals surface area contributed by atoms with Crippen LogP contribution in [-0.4, -0.2) is 0 Å². The highest BCUT2D eigenvalue weighted by Crippen LogP contribution is 2.55. The van der Waals surface area contributed by atoms with E-state index in [4.69, 9.17) is 0 Å². The van der Waals surface area contributed by atoms with Crippen molar-refractivity contribution in [1.82, 2.24) is 0 Å². The predicted molar refractivity (Wildman–Crippen MR) is 141 cm³/mol. The Balaban J connectivity index is 1.71.